The van der Waals surface area contributed by atoms with E-state index in [2.05, 4.69) is 31.8 Å². The number of rotatable bonds is 2. The first-order valence-corrected chi connectivity index (χ1v) is 6.93. The van der Waals surface area contributed by atoms with Crippen LogP contribution in [0, 0.1) is 29.6 Å². The number of pyridine rings is 1. The second-order valence-corrected chi connectivity index (χ2v) is 6.60. The van der Waals surface area contributed by atoms with Crippen molar-refractivity contribution < 1.29 is 4.74 Å². The van der Waals surface area contributed by atoms with Gasteiger partial charge in [0.15, 0.2) is 0 Å². The van der Waals surface area contributed by atoms with Crippen molar-refractivity contribution in [3.8, 4) is 11.9 Å². The van der Waals surface area contributed by atoms with Gasteiger partial charge in [0.25, 0.3) is 0 Å². The third kappa shape index (κ3) is 3.70. The van der Waals surface area contributed by atoms with E-state index in [1.807, 2.05) is 6.92 Å². The Labute approximate surface area is 115 Å². The Hall–Kier alpha value is -1.56. The summed E-state index contributed by atoms with van der Waals surface area (Å²) < 4.78 is 6.02. The van der Waals surface area contributed by atoms with E-state index in [0.717, 1.165) is 18.5 Å². The van der Waals surface area contributed by atoms with E-state index in [0.29, 0.717) is 22.8 Å². The van der Waals surface area contributed by atoms with Crippen LogP contribution in [0.2, 0.25) is 0 Å². The highest BCUT2D eigenvalue weighted by Gasteiger charge is 2.33. The summed E-state index contributed by atoms with van der Waals surface area (Å²) in [6.07, 6.45) is 3.58. The second kappa shape index (κ2) is 5.21. The maximum Gasteiger partial charge on any atom is 0.215 e. The molecule has 1 aliphatic rings. The number of hydrogen-bond donors (Lipinski definition) is 0. The molecule has 0 amide bonds. The van der Waals surface area contributed by atoms with Crippen LogP contribution >= 0.6 is 0 Å². The largest absolute Gasteiger partial charge is 0.474 e. The third-order valence-corrected chi connectivity index (χ3v) is 3.69. The van der Waals surface area contributed by atoms with Gasteiger partial charge in [-0.3, -0.25) is 0 Å². The summed E-state index contributed by atoms with van der Waals surface area (Å²) in [5, 5.41) is 8.98. The molecule has 1 saturated carbocycles. The fraction of sp³-hybridized carbons (Fsp3) is 0.625. The summed E-state index contributed by atoms with van der Waals surface area (Å²) in [4.78, 5) is 4.38. The number of ether oxygens (including phenoxy) is 1. The molecule has 1 fully saturated rings. The first-order chi connectivity index (χ1) is 8.88. The summed E-state index contributed by atoms with van der Waals surface area (Å²) in [6.45, 7) is 8.76. The third-order valence-electron chi connectivity index (χ3n) is 3.69. The first-order valence-electron chi connectivity index (χ1n) is 6.93. The predicted molar refractivity (Wildman–Crippen MR) is 74.9 cm³/mol. The molecule has 0 saturated heterocycles. The molecule has 1 heterocycles. The zero-order valence-electron chi connectivity index (χ0n) is 12.2. The van der Waals surface area contributed by atoms with Gasteiger partial charge in [-0.25, -0.2) is 4.98 Å². The molecule has 1 aromatic rings. The normalized spacial score (nSPS) is 25.6. The molecule has 2 atom stereocenters. The topological polar surface area (TPSA) is 45.9 Å². The molecule has 3 nitrogen and oxygen atoms in total. The standard InChI is InChI=1S/C16H22N2O/c1-11-5-14(9-16(3,4)8-11)19-15-7-13(10-17)6-12(2)18-15/h6-7,11,14H,5,8-9H2,1-4H3. The highest BCUT2D eigenvalue weighted by Crippen LogP contribution is 2.39. The molecule has 0 spiro atoms. The van der Waals surface area contributed by atoms with E-state index in [-0.39, 0.29) is 6.10 Å². The highest BCUT2D eigenvalue weighted by molar-refractivity contribution is 5.34. The van der Waals surface area contributed by atoms with Crippen LogP contribution in [0.5, 0.6) is 5.88 Å². The van der Waals surface area contributed by atoms with Gasteiger partial charge in [-0.1, -0.05) is 20.8 Å². The summed E-state index contributed by atoms with van der Waals surface area (Å²) >= 11 is 0. The molecule has 1 aliphatic carbocycles. The van der Waals surface area contributed by atoms with E-state index < -0.39 is 0 Å². The Morgan fingerprint density at radius 3 is 2.74 bits per heavy atom. The zero-order valence-corrected chi connectivity index (χ0v) is 12.2. The molecule has 2 unspecified atom stereocenters. The number of nitrogens with zero attached hydrogens (tertiary/aromatic N) is 2. The van der Waals surface area contributed by atoms with Crippen molar-refractivity contribution in [1.29, 1.82) is 5.26 Å². The van der Waals surface area contributed by atoms with Crippen molar-refractivity contribution in [2.45, 2.75) is 53.1 Å². The molecule has 2 rings (SSSR count). The van der Waals surface area contributed by atoms with Crippen LogP contribution in [0.3, 0.4) is 0 Å². The zero-order chi connectivity index (χ0) is 14.0. The summed E-state index contributed by atoms with van der Waals surface area (Å²) in [5.41, 5.74) is 1.77. The fourth-order valence-electron chi connectivity index (χ4n) is 3.28. The molecular formula is C16H22N2O. The fourth-order valence-corrected chi connectivity index (χ4v) is 3.28. The average Bonchev–Trinajstić information content (AvgIpc) is 2.24. The summed E-state index contributed by atoms with van der Waals surface area (Å²) in [6, 6.07) is 5.66. The minimum Gasteiger partial charge on any atom is -0.474 e. The van der Waals surface area contributed by atoms with Gasteiger partial charge in [-0.15, -0.1) is 0 Å². The Kier molecular flexibility index (Phi) is 3.80. The Morgan fingerprint density at radius 2 is 2.11 bits per heavy atom. The molecule has 0 aromatic carbocycles. The Morgan fingerprint density at radius 1 is 1.37 bits per heavy atom. The van der Waals surface area contributed by atoms with Crippen LogP contribution in [0.4, 0.5) is 0 Å². The smallest absolute Gasteiger partial charge is 0.215 e. The Balaban J connectivity index is 2.13. The molecule has 3 heteroatoms. The molecule has 1 aromatic heterocycles. The van der Waals surface area contributed by atoms with Gasteiger partial charge in [-0.2, -0.15) is 5.26 Å². The molecule has 0 bridgehead atoms. The van der Waals surface area contributed by atoms with Crippen molar-refractivity contribution >= 4 is 0 Å². The van der Waals surface area contributed by atoms with E-state index in [1.54, 1.807) is 12.1 Å². The van der Waals surface area contributed by atoms with Gasteiger partial charge in [0, 0.05) is 11.8 Å². The maximum absolute atomic E-state index is 8.98. The number of aromatic nitrogens is 1. The van der Waals surface area contributed by atoms with Crippen LogP contribution in [0.1, 0.15) is 51.3 Å². The van der Waals surface area contributed by atoms with Crippen LogP contribution in [-0.4, -0.2) is 11.1 Å². The molecule has 0 N–H and O–H groups in total. The number of nitriles is 1. The lowest BCUT2D eigenvalue weighted by Crippen LogP contribution is -2.34. The molecule has 0 aliphatic heterocycles. The van der Waals surface area contributed by atoms with Gasteiger partial charge in [0.05, 0.1) is 11.6 Å². The van der Waals surface area contributed by atoms with E-state index in [1.165, 1.54) is 6.42 Å². The summed E-state index contributed by atoms with van der Waals surface area (Å²) in [7, 11) is 0. The maximum atomic E-state index is 8.98. The quantitative estimate of drug-likeness (QED) is 0.809. The van der Waals surface area contributed by atoms with Crippen molar-refractivity contribution in [2.24, 2.45) is 11.3 Å². The van der Waals surface area contributed by atoms with Crippen molar-refractivity contribution in [1.82, 2.24) is 4.98 Å². The van der Waals surface area contributed by atoms with Crippen LogP contribution in [0.15, 0.2) is 12.1 Å². The Bertz CT molecular complexity index is 502. The van der Waals surface area contributed by atoms with Gasteiger partial charge in [0.2, 0.25) is 5.88 Å². The predicted octanol–water partition coefficient (Wildman–Crippen LogP) is 3.86. The first kappa shape index (κ1) is 13.9. The molecule has 0 radical (unpaired) electrons. The van der Waals surface area contributed by atoms with Crippen LogP contribution in [0.25, 0.3) is 0 Å². The molecular weight excluding hydrogens is 236 g/mol. The van der Waals surface area contributed by atoms with Crippen molar-refractivity contribution in [3.05, 3.63) is 23.4 Å². The van der Waals surface area contributed by atoms with Crippen LogP contribution in [-0.2, 0) is 0 Å². The second-order valence-electron chi connectivity index (χ2n) is 6.60. The van der Waals surface area contributed by atoms with E-state index in [4.69, 9.17) is 10.00 Å². The molecule has 19 heavy (non-hydrogen) atoms. The average molecular weight is 258 g/mol. The lowest BCUT2D eigenvalue weighted by molar-refractivity contribution is 0.0531. The minimum atomic E-state index is 0.208. The number of aryl methyl sites for hydroxylation is 1. The lowest BCUT2D eigenvalue weighted by atomic mass is 9.71. The SMILES string of the molecule is Cc1cc(C#N)cc(OC2CC(C)CC(C)(C)C2)n1. The highest BCUT2D eigenvalue weighted by atomic mass is 16.5. The van der Waals surface area contributed by atoms with Crippen molar-refractivity contribution in [3.63, 3.8) is 0 Å². The van der Waals surface area contributed by atoms with Gasteiger partial charge in [-0.05, 0) is 43.6 Å². The monoisotopic (exact) mass is 258 g/mol. The van der Waals surface area contributed by atoms with Crippen molar-refractivity contribution in [2.75, 3.05) is 0 Å². The van der Waals surface area contributed by atoms with Gasteiger partial charge in [0.1, 0.15) is 6.10 Å². The van der Waals surface area contributed by atoms with Gasteiger partial charge < -0.3 is 4.74 Å². The summed E-state index contributed by atoms with van der Waals surface area (Å²) in [5.74, 6) is 1.26. The lowest BCUT2D eigenvalue weighted by Gasteiger charge is -2.38. The van der Waals surface area contributed by atoms with E-state index in [9.17, 15) is 0 Å². The minimum absolute atomic E-state index is 0.208. The number of hydrogen-bond acceptors (Lipinski definition) is 3. The van der Waals surface area contributed by atoms with Crippen LogP contribution < -0.4 is 4.74 Å². The van der Waals surface area contributed by atoms with E-state index >= 15 is 0 Å². The molecule has 102 valence electrons. The van der Waals surface area contributed by atoms with Gasteiger partial charge >= 0.3 is 0 Å².